The zero-order chi connectivity index (χ0) is 22.7. The van der Waals surface area contributed by atoms with E-state index in [9.17, 15) is 14.3 Å². The van der Waals surface area contributed by atoms with Gasteiger partial charge in [0.15, 0.2) is 0 Å². The molecule has 1 amide bonds. The molecule has 164 valence electrons. The molecule has 6 nitrogen and oxygen atoms in total. The molecule has 0 spiro atoms. The minimum Gasteiger partial charge on any atom is -0.506 e. The van der Waals surface area contributed by atoms with Gasteiger partial charge in [-0.05, 0) is 48.4 Å². The van der Waals surface area contributed by atoms with Gasteiger partial charge in [0.1, 0.15) is 12.4 Å². The Morgan fingerprint density at radius 1 is 1.31 bits per heavy atom. The summed E-state index contributed by atoms with van der Waals surface area (Å²) in [5.74, 6) is -0.492. The number of phenolic OH excluding ortho intramolecular Hbond substituents is 1. The van der Waals surface area contributed by atoms with Crippen LogP contribution in [0, 0.1) is 5.92 Å². The van der Waals surface area contributed by atoms with Crippen molar-refractivity contribution in [2.45, 2.75) is 13.0 Å². The van der Waals surface area contributed by atoms with Crippen molar-refractivity contribution in [2.24, 2.45) is 11.0 Å². The summed E-state index contributed by atoms with van der Waals surface area (Å²) in [7, 11) is 0. The van der Waals surface area contributed by atoms with Gasteiger partial charge in [-0.25, -0.2) is 9.82 Å². The predicted octanol–water partition coefficient (Wildman–Crippen LogP) is 4.73. The third-order valence-corrected chi connectivity index (χ3v) is 5.91. The van der Waals surface area contributed by atoms with Crippen LogP contribution in [0.1, 0.15) is 22.3 Å². The first-order valence-corrected chi connectivity index (χ1v) is 10.4. The number of aromatic hydroxyl groups is 1. The molecule has 0 saturated heterocycles. The lowest BCUT2D eigenvalue weighted by molar-refractivity contribution is 0.0955. The molecule has 4 N–H and O–H groups in total. The van der Waals surface area contributed by atoms with Gasteiger partial charge in [0.25, 0.3) is 5.91 Å². The first-order chi connectivity index (χ1) is 15.5. The van der Waals surface area contributed by atoms with Crippen LogP contribution in [-0.4, -0.2) is 28.5 Å². The molecule has 0 bridgehead atoms. The summed E-state index contributed by atoms with van der Waals surface area (Å²) >= 11 is 6.37. The van der Waals surface area contributed by atoms with Crippen LogP contribution < -0.4 is 11.2 Å². The fourth-order valence-corrected chi connectivity index (χ4v) is 3.95. The number of allylic oxidation sites excluding steroid dienone is 4. The minimum absolute atomic E-state index is 0.0253. The minimum atomic E-state index is -0.466. The summed E-state index contributed by atoms with van der Waals surface area (Å²) in [6.45, 7) is 0.169. The first-order valence-electron chi connectivity index (χ1n) is 10.1. The lowest BCUT2D eigenvalue weighted by Gasteiger charge is -2.21. The van der Waals surface area contributed by atoms with Gasteiger partial charge in [-0.1, -0.05) is 29.8 Å². The summed E-state index contributed by atoms with van der Waals surface area (Å²) in [5.41, 5.74) is 11.1. The normalized spacial score (nSPS) is 16.2. The number of nitrogens with zero attached hydrogens (tertiary/aromatic N) is 2. The summed E-state index contributed by atoms with van der Waals surface area (Å²) in [5, 5.41) is 15.2. The third-order valence-electron chi connectivity index (χ3n) is 5.47. The van der Waals surface area contributed by atoms with E-state index in [4.69, 9.17) is 17.3 Å². The van der Waals surface area contributed by atoms with E-state index in [1.54, 1.807) is 18.4 Å². The Labute approximate surface area is 189 Å². The first kappa shape index (κ1) is 21.6. The average Bonchev–Trinajstić information content (AvgIpc) is 3.20. The average molecular weight is 453 g/mol. The second-order valence-corrected chi connectivity index (χ2v) is 8.07. The lowest BCUT2D eigenvalue weighted by Crippen LogP contribution is -2.17. The van der Waals surface area contributed by atoms with Gasteiger partial charge in [0.2, 0.25) is 0 Å². The van der Waals surface area contributed by atoms with Gasteiger partial charge in [0.05, 0.1) is 11.9 Å². The standard InChI is InChI=1S/C24H22ClFN4O2/c25-20-6-4-15(12-26)10-18(20)14-30-9-8-19-17(2-1-3-22(19)30)13-28-29-24(32)16-5-7-23(31)21(27)11-16/h1-9,11,13,18,31H,10,12,14,27H2,(H,29,32)/b28-13+. The molecule has 4 rings (SSSR count). The van der Waals surface area contributed by atoms with Crippen LogP contribution in [0.25, 0.3) is 10.9 Å². The molecule has 1 atom stereocenters. The Morgan fingerprint density at radius 2 is 2.16 bits per heavy atom. The van der Waals surface area contributed by atoms with Crippen LogP contribution in [0.2, 0.25) is 0 Å². The molecule has 1 heterocycles. The number of nitrogens with one attached hydrogen (secondary N) is 1. The van der Waals surface area contributed by atoms with Gasteiger partial charge in [-0.15, -0.1) is 0 Å². The lowest BCUT2D eigenvalue weighted by atomic mass is 9.94. The Hall–Kier alpha value is -3.58. The number of carbonyl (C=O) groups is 1. The third kappa shape index (κ3) is 4.53. The number of aromatic nitrogens is 1. The van der Waals surface area contributed by atoms with Crippen molar-refractivity contribution >= 4 is 40.3 Å². The maximum atomic E-state index is 13.1. The molecule has 1 aromatic heterocycles. The largest absolute Gasteiger partial charge is 0.506 e. The smallest absolute Gasteiger partial charge is 0.271 e. The Kier molecular flexibility index (Phi) is 6.28. The molecule has 0 aliphatic heterocycles. The number of benzene rings is 2. The molecular weight excluding hydrogens is 431 g/mol. The molecule has 2 aromatic carbocycles. The van der Waals surface area contributed by atoms with E-state index in [1.807, 2.05) is 30.5 Å². The van der Waals surface area contributed by atoms with Crippen molar-refractivity contribution in [3.8, 4) is 5.75 Å². The Morgan fingerprint density at radius 3 is 2.94 bits per heavy atom. The van der Waals surface area contributed by atoms with E-state index >= 15 is 0 Å². The monoisotopic (exact) mass is 452 g/mol. The molecule has 32 heavy (non-hydrogen) atoms. The molecule has 0 saturated carbocycles. The number of fused-ring (bicyclic) bond motifs is 1. The van der Waals surface area contributed by atoms with Crippen molar-refractivity contribution in [3.05, 3.63) is 82.5 Å². The number of alkyl halides is 1. The van der Waals surface area contributed by atoms with Crippen LogP contribution in [0.15, 0.2) is 76.5 Å². The molecule has 1 unspecified atom stereocenters. The predicted molar refractivity (Wildman–Crippen MR) is 126 cm³/mol. The highest BCUT2D eigenvalue weighted by Crippen LogP contribution is 2.31. The summed E-state index contributed by atoms with van der Waals surface area (Å²) in [4.78, 5) is 12.3. The van der Waals surface area contributed by atoms with Gasteiger partial charge >= 0.3 is 0 Å². The van der Waals surface area contributed by atoms with E-state index < -0.39 is 12.6 Å². The van der Waals surface area contributed by atoms with E-state index in [0.717, 1.165) is 27.1 Å². The molecule has 8 heteroatoms. The maximum Gasteiger partial charge on any atom is 0.271 e. The molecule has 0 fully saturated rings. The van der Waals surface area contributed by atoms with Gasteiger partial charge in [-0.3, -0.25) is 4.79 Å². The van der Waals surface area contributed by atoms with Crippen molar-refractivity contribution in [1.82, 2.24) is 9.99 Å². The zero-order valence-electron chi connectivity index (χ0n) is 17.1. The van der Waals surface area contributed by atoms with Crippen LogP contribution in [0.5, 0.6) is 5.75 Å². The Bertz CT molecular complexity index is 1260. The number of nitrogen functional groups attached to an aromatic ring is 1. The fraction of sp³-hybridized carbons (Fsp3) is 0.167. The SMILES string of the molecule is Nc1cc(C(=O)N/N=C/c2cccc3c2ccn3CC2CC(CF)=CC=C2Cl)ccc1O. The van der Waals surface area contributed by atoms with E-state index in [1.165, 1.54) is 18.2 Å². The van der Waals surface area contributed by atoms with Crippen LogP contribution >= 0.6 is 11.6 Å². The second kappa shape index (κ2) is 9.28. The summed E-state index contributed by atoms with van der Waals surface area (Å²) in [6.07, 6.45) is 7.67. The van der Waals surface area contributed by atoms with Gasteiger partial charge in [0, 0.05) is 45.7 Å². The van der Waals surface area contributed by atoms with Gasteiger partial charge in [-0.2, -0.15) is 5.10 Å². The number of halogens is 2. The van der Waals surface area contributed by atoms with Gasteiger partial charge < -0.3 is 15.4 Å². The number of anilines is 1. The number of amides is 1. The molecular formula is C24H22ClFN4O2. The maximum absolute atomic E-state index is 13.1. The van der Waals surface area contributed by atoms with Crippen LogP contribution in [0.4, 0.5) is 10.1 Å². The number of rotatable bonds is 6. The van der Waals surface area contributed by atoms with E-state index in [0.29, 0.717) is 18.5 Å². The van der Waals surface area contributed by atoms with Crippen molar-refractivity contribution in [2.75, 3.05) is 12.4 Å². The number of hydrogen-bond donors (Lipinski definition) is 3. The van der Waals surface area contributed by atoms with Crippen molar-refractivity contribution in [1.29, 1.82) is 0 Å². The number of hydrogen-bond acceptors (Lipinski definition) is 4. The molecule has 0 radical (unpaired) electrons. The second-order valence-electron chi connectivity index (χ2n) is 7.63. The van der Waals surface area contributed by atoms with Crippen molar-refractivity contribution < 1.29 is 14.3 Å². The number of hydrazone groups is 1. The Balaban J connectivity index is 1.49. The highest BCUT2D eigenvalue weighted by atomic mass is 35.5. The highest BCUT2D eigenvalue weighted by Gasteiger charge is 2.19. The molecule has 3 aromatic rings. The number of nitrogens with two attached hydrogens (primary N) is 1. The number of phenols is 1. The van der Waals surface area contributed by atoms with E-state index in [-0.39, 0.29) is 17.4 Å². The van der Waals surface area contributed by atoms with E-state index in [2.05, 4.69) is 15.1 Å². The highest BCUT2D eigenvalue weighted by molar-refractivity contribution is 6.30. The molecule has 1 aliphatic carbocycles. The fourth-order valence-electron chi connectivity index (χ4n) is 3.74. The van der Waals surface area contributed by atoms with Crippen molar-refractivity contribution in [3.63, 3.8) is 0 Å². The summed E-state index contributed by atoms with van der Waals surface area (Å²) < 4.78 is 15.2. The topological polar surface area (TPSA) is 92.6 Å². The van der Waals surface area contributed by atoms with Crippen LogP contribution in [0.3, 0.4) is 0 Å². The number of carbonyl (C=O) groups excluding carboxylic acids is 1. The molecule has 1 aliphatic rings. The zero-order valence-corrected chi connectivity index (χ0v) is 17.9. The van der Waals surface area contributed by atoms with Crippen LogP contribution in [-0.2, 0) is 6.54 Å². The summed E-state index contributed by atoms with van der Waals surface area (Å²) in [6, 6.07) is 12.0. The quantitative estimate of drug-likeness (QED) is 0.218.